The number of carboxylic acid groups (broad SMARTS) is 1. The van der Waals surface area contributed by atoms with Gasteiger partial charge in [0.15, 0.2) is 11.6 Å². The molecule has 0 radical (unpaired) electrons. The Bertz CT molecular complexity index is 615. The van der Waals surface area contributed by atoms with E-state index in [1.807, 2.05) is 0 Å². The number of hydrogen-bond donors (Lipinski definition) is 2. The van der Waals surface area contributed by atoms with Crippen LogP contribution < -0.4 is 5.32 Å². The zero-order valence-electron chi connectivity index (χ0n) is 10.4. The molecule has 20 heavy (non-hydrogen) atoms. The molecule has 0 spiro atoms. The smallest absolute Gasteiger partial charge is 0.337 e. The summed E-state index contributed by atoms with van der Waals surface area (Å²) < 4.78 is 25.7. The highest BCUT2D eigenvalue weighted by Gasteiger charge is 2.04. The molecule has 0 atom stereocenters. The maximum absolute atomic E-state index is 13.0. The Balaban J connectivity index is 1.89. The highest BCUT2D eigenvalue weighted by Crippen LogP contribution is 2.08. The summed E-state index contributed by atoms with van der Waals surface area (Å²) in [6.45, 7) is 0.762. The molecular formula is C14H12F2N2O2. The molecule has 0 unspecified atom stereocenters. The SMILES string of the molecule is O=C(O)c1ccc(CNCc2ccc(F)c(F)c2)nc1. The van der Waals surface area contributed by atoms with Crippen molar-refractivity contribution in [3.05, 3.63) is 65.0 Å². The Kier molecular flexibility index (Phi) is 4.37. The average Bonchev–Trinajstić information content (AvgIpc) is 2.43. The van der Waals surface area contributed by atoms with Crippen LogP contribution in [0.4, 0.5) is 8.78 Å². The minimum absolute atomic E-state index is 0.120. The van der Waals surface area contributed by atoms with Crippen LogP contribution in [-0.2, 0) is 13.1 Å². The van der Waals surface area contributed by atoms with E-state index in [2.05, 4.69) is 10.3 Å². The normalized spacial score (nSPS) is 10.5. The van der Waals surface area contributed by atoms with Gasteiger partial charge in [0.2, 0.25) is 0 Å². The van der Waals surface area contributed by atoms with E-state index in [1.165, 1.54) is 18.3 Å². The number of halogens is 2. The number of rotatable bonds is 5. The number of carboxylic acids is 1. The summed E-state index contributed by atoms with van der Waals surface area (Å²) >= 11 is 0. The van der Waals surface area contributed by atoms with Gasteiger partial charge in [0.25, 0.3) is 0 Å². The van der Waals surface area contributed by atoms with Gasteiger partial charge in [-0.15, -0.1) is 0 Å². The maximum atomic E-state index is 13.0. The first kappa shape index (κ1) is 14.1. The van der Waals surface area contributed by atoms with E-state index in [9.17, 15) is 13.6 Å². The molecule has 6 heteroatoms. The second kappa shape index (κ2) is 6.21. The van der Waals surface area contributed by atoms with Gasteiger partial charge in [0.1, 0.15) is 0 Å². The summed E-state index contributed by atoms with van der Waals surface area (Å²) in [5.41, 5.74) is 1.40. The van der Waals surface area contributed by atoms with Gasteiger partial charge in [-0.3, -0.25) is 4.98 Å². The molecule has 1 aromatic carbocycles. The van der Waals surface area contributed by atoms with Crippen LogP contribution in [0.2, 0.25) is 0 Å². The molecule has 104 valence electrons. The molecule has 0 fully saturated rings. The lowest BCUT2D eigenvalue weighted by Crippen LogP contribution is -2.14. The average molecular weight is 278 g/mol. The second-order valence-electron chi connectivity index (χ2n) is 4.20. The number of aromatic carboxylic acids is 1. The highest BCUT2D eigenvalue weighted by atomic mass is 19.2. The summed E-state index contributed by atoms with van der Waals surface area (Å²) in [7, 11) is 0. The number of nitrogens with one attached hydrogen (secondary N) is 1. The molecule has 2 aromatic rings. The van der Waals surface area contributed by atoms with Crippen molar-refractivity contribution in [1.29, 1.82) is 0 Å². The van der Waals surface area contributed by atoms with E-state index in [1.54, 1.807) is 6.07 Å². The number of hydrogen-bond acceptors (Lipinski definition) is 3. The van der Waals surface area contributed by atoms with Gasteiger partial charge in [-0.05, 0) is 29.8 Å². The van der Waals surface area contributed by atoms with Gasteiger partial charge >= 0.3 is 5.97 Å². The quantitative estimate of drug-likeness (QED) is 0.881. The van der Waals surface area contributed by atoms with Crippen LogP contribution in [0.1, 0.15) is 21.6 Å². The van der Waals surface area contributed by atoms with Crippen molar-refractivity contribution in [2.24, 2.45) is 0 Å². The molecule has 0 aliphatic rings. The molecule has 0 bridgehead atoms. The highest BCUT2D eigenvalue weighted by molar-refractivity contribution is 5.87. The second-order valence-corrected chi connectivity index (χ2v) is 4.20. The summed E-state index contributed by atoms with van der Waals surface area (Å²) in [6.07, 6.45) is 1.27. The lowest BCUT2D eigenvalue weighted by molar-refractivity contribution is 0.0696. The van der Waals surface area contributed by atoms with Gasteiger partial charge in [-0.1, -0.05) is 6.07 Å². The number of carbonyl (C=O) groups is 1. The van der Waals surface area contributed by atoms with Crippen LogP contribution >= 0.6 is 0 Å². The largest absolute Gasteiger partial charge is 0.478 e. The molecule has 2 N–H and O–H groups in total. The molecule has 0 aliphatic carbocycles. The van der Waals surface area contributed by atoms with E-state index in [4.69, 9.17) is 5.11 Å². The Morgan fingerprint density at radius 3 is 2.55 bits per heavy atom. The summed E-state index contributed by atoms with van der Waals surface area (Å²) in [6, 6.07) is 6.76. The van der Waals surface area contributed by atoms with Crippen LogP contribution in [0.15, 0.2) is 36.5 Å². The zero-order chi connectivity index (χ0) is 14.5. The van der Waals surface area contributed by atoms with E-state index in [0.29, 0.717) is 24.3 Å². The molecule has 1 heterocycles. The van der Waals surface area contributed by atoms with E-state index >= 15 is 0 Å². The van der Waals surface area contributed by atoms with Crippen molar-refractivity contribution >= 4 is 5.97 Å². The predicted molar refractivity (Wildman–Crippen MR) is 68.1 cm³/mol. The Morgan fingerprint density at radius 1 is 1.15 bits per heavy atom. The van der Waals surface area contributed by atoms with E-state index < -0.39 is 17.6 Å². The van der Waals surface area contributed by atoms with Crippen LogP contribution in [0.3, 0.4) is 0 Å². The number of pyridine rings is 1. The third-order valence-corrected chi connectivity index (χ3v) is 2.69. The van der Waals surface area contributed by atoms with Crippen molar-refractivity contribution < 1.29 is 18.7 Å². The topological polar surface area (TPSA) is 62.2 Å². The van der Waals surface area contributed by atoms with Crippen LogP contribution in [0.25, 0.3) is 0 Å². The first-order chi connectivity index (χ1) is 9.56. The van der Waals surface area contributed by atoms with Gasteiger partial charge < -0.3 is 10.4 Å². The van der Waals surface area contributed by atoms with E-state index in [0.717, 1.165) is 12.1 Å². The number of nitrogens with zero attached hydrogens (tertiary/aromatic N) is 1. The molecule has 0 amide bonds. The van der Waals surface area contributed by atoms with Crippen LogP contribution in [0.5, 0.6) is 0 Å². The maximum Gasteiger partial charge on any atom is 0.337 e. The minimum Gasteiger partial charge on any atom is -0.478 e. The minimum atomic E-state index is -1.03. The predicted octanol–water partition coefficient (Wildman–Crippen LogP) is 2.35. The van der Waals surface area contributed by atoms with Gasteiger partial charge in [0, 0.05) is 19.3 Å². The molecular weight excluding hydrogens is 266 g/mol. The lowest BCUT2D eigenvalue weighted by atomic mass is 10.2. The Hall–Kier alpha value is -2.34. The van der Waals surface area contributed by atoms with Crippen molar-refractivity contribution in [2.75, 3.05) is 0 Å². The zero-order valence-corrected chi connectivity index (χ0v) is 10.4. The molecule has 0 saturated heterocycles. The van der Waals surface area contributed by atoms with Gasteiger partial charge in [0.05, 0.1) is 11.3 Å². The first-order valence-corrected chi connectivity index (χ1v) is 5.89. The molecule has 4 nitrogen and oxygen atoms in total. The van der Waals surface area contributed by atoms with Crippen molar-refractivity contribution in [2.45, 2.75) is 13.1 Å². The standard InChI is InChI=1S/C14H12F2N2O2/c15-12-4-1-9(5-13(12)16)6-17-8-11-3-2-10(7-18-11)14(19)20/h1-5,7,17H,6,8H2,(H,19,20). The summed E-state index contributed by atoms with van der Waals surface area (Å²) in [4.78, 5) is 14.6. The van der Waals surface area contributed by atoms with Gasteiger partial charge in [-0.25, -0.2) is 13.6 Å². The van der Waals surface area contributed by atoms with Crippen molar-refractivity contribution in [3.8, 4) is 0 Å². The van der Waals surface area contributed by atoms with Crippen LogP contribution in [-0.4, -0.2) is 16.1 Å². The summed E-state index contributed by atoms with van der Waals surface area (Å²) in [5.74, 6) is -2.79. The molecule has 0 aliphatic heterocycles. The molecule has 0 saturated carbocycles. The molecule has 1 aromatic heterocycles. The van der Waals surface area contributed by atoms with Crippen molar-refractivity contribution in [3.63, 3.8) is 0 Å². The first-order valence-electron chi connectivity index (χ1n) is 5.89. The Morgan fingerprint density at radius 2 is 1.95 bits per heavy atom. The van der Waals surface area contributed by atoms with E-state index in [-0.39, 0.29) is 5.56 Å². The van der Waals surface area contributed by atoms with Crippen LogP contribution in [0, 0.1) is 11.6 Å². The number of benzene rings is 1. The molecule has 2 rings (SSSR count). The number of aromatic nitrogens is 1. The van der Waals surface area contributed by atoms with Gasteiger partial charge in [-0.2, -0.15) is 0 Å². The monoisotopic (exact) mass is 278 g/mol. The van der Waals surface area contributed by atoms with Crippen molar-refractivity contribution in [1.82, 2.24) is 10.3 Å². The fraction of sp³-hybridized carbons (Fsp3) is 0.143. The third kappa shape index (κ3) is 3.58. The summed E-state index contributed by atoms with van der Waals surface area (Å²) in [5, 5.41) is 11.7. The Labute approximate surface area is 114 Å². The fourth-order valence-corrected chi connectivity index (χ4v) is 1.64. The lowest BCUT2D eigenvalue weighted by Gasteiger charge is -2.05. The third-order valence-electron chi connectivity index (χ3n) is 2.69. The fourth-order valence-electron chi connectivity index (χ4n) is 1.64.